The van der Waals surface area contributed by atoms with Crippen molar-refractivity contribution in [3.8, 4) is 5.75 Å². The Morgan fingerprint density at radius 2 is 2.36 bits per heavy atom. The Morgan fingerprint density at radius 1 is 1.64 bits per heavy atom. The van der Waals surface area contributed by atoms with Gasteiger partial charge in [-0.25, -0.2) is 14.2 Å². The summed E-state index contributed by atoms with van der Waals surface area (Å²) in [4.78, 5) is 14.9. The number of ether oxygens (including phenoxy) is 2. The molecule has 0 aromatic carbocycles. The van der Waals surface area contributed by atoms with Crippen molar-refractivity contribution in [2.24, 2.45) is 0 Å². The second kappa shape index (κ2) is 4.55. The van der Waals surface area contributed by atoms with Crippen molar-refractivity contribution in [3.63, 3.8) is 0 Å². The van der Waals surface area contributed by atoms with E-state index in [1.165, 1.54) is 13.3 Å². The molecule has 0 saturated carbocycles. The first-order valence-electron chi connectivity index (χ1n) is 4.06. The molecule has 14 heavy (non-hydrogen) atoms. The number of hydrogen-bond acceptors (Lipinski definition) is 4. The second-order valence-electron chi connectivity index (χ2n) is 2.40. The summed E-state index contributed by atoms with van der Waals surface area (Å²) in [5.74, 6) is -1.51. The minimum absolute atomic E-state index is 0.144. The quantitative estimate of drug-likeness (QED) is 0.690. The number of carbonyl (C=O) groups is 1. The SMILES string of the molecule is CCOC(=O)c1nccc(F)c1OC. The third-order valence-corrected chi connectivity index (χ3v) is 1.53. The molecule has 1 heterocycles. The van der Waals surface area contributed by atoms with Crippen LogP contribution in [0.2, 0.25) is 0 Å². The van der Waals surface area contributed by atoms with E-state index in [1.54, 1.807) is 6.92 Å². The van der Waals surface area contributed by atoms with Crippen LogP contribution in [0.4, 0.5) is 4.39 Å². The van der Waals surface area contributed by atoms with E-state index in [-0.39, 0.29) is 18.1 Å². The maximum atomic E-state index is 13.1. The number of methoxy groups -OCH3 is 1. The molecule has 0 radical (unpaired) electrons. The van der Waals surface area contributed by atoms with Crippen LogP contribution in [-0.4, -0.2) is 24.7 Å². The molecule has 1 rings (SSSR count). The van der Waals surface area contributed by atoms with Crippen LogP contribution < -0.4 is 4.74 Å². The first-order valence-corrected chi connectivity index (χ1v) is 4.06. The summed E-state index contributed by atoms with van der Waals surface area (Å²) in [6.07, 6.45) is 1.18. The smallest absolute Gasteiger partial charge is 0.360 e. The summed E-state index contributed by atoms with van der Waals surface area (Å²) in [5.41, 5.74) is -0.144. The lowest BCUT2D eigenvalue weighted by atomic mass is 10.3. The van der Waals surface area contributed by atoms with Gasteiger partial charge in [-0.2, -0.15) is 0 Å². The minimum atomic E-state index is -0.691. The lowest BCUT2D eigenvalue weighted by Crippen LogP contribution is -2.10. The largest absolute Gasteiger partial charge is 0.491 e. The Balaban J connectivity index is 3.07. The molecule has 76 valence electrons. The van der Waals surface area contributed by atoms with E-state index >= 15 is 0 Å². The Bertz CT molecular complexity index is 341. The van der Waals surface area contributed by atoms with Crippen LogP contribution >= 0.6 is 0 Å². The maximum absolute atomic E-state index is 13.1. The maximum Gasteiger partial charge on any atom is 0.360 e. The second-order valence-corrected chi connectivity index (χ2v) is 2.40. The van der Waals surface area contributed by atoms with Crippen molar-refractivity contribution < 1.29 is 18.7 Å². The summed E-state index contributed by atoms with van der Waals surface area (Å²) in [5, 5.41) is 0. The zero-order valence-corrected chi connectivity index (χ0v) is 7.91. The molecule has 0 bridgehead atoms. The minimum Gasteiger partial charge on any atom is -0.491 e. The van der Waals surface area contributed by atoms with Crippen LogP contribution in [0, 0.1) is 5.82 Å². The number of hydrogen-bond donors (Lipinski definition) is 0. The normalized spacial score (nSPS) is 9.64. The Morgan fingerprint density at radius 3 is 2.93 bits per heavy atom. The molecular weight excluding hydrogens is 189 g/mol. The summed E-state index contributed by atoms with van der Waals surface area (Å²) in [7, 11) is 1.27. The summed E-state index contributed by atoms with van der Waals surface area (Å²) in [6.45, 7) is 1.86. The van der Waals surface area contributed by atoms with Crippen LogP contribution in [0.15, 0.2) is 12.3 Å². The molecule has 0 aliphatic carbocycles. The van der Waals surface area contributed by atoms with Gasteiger partial charge in [0.25, 0.3) is 0 Å². The molecule has 0 amide bonds. The highest BCUT2D eigenvalue weighted by molar-refractivity contribution is 5.90. The van der Waals surface area contributed by atoms with Gasteiger partial charge in [0.1, 0.15) is 0 Å². The van der Waals surface area contributed by atoms with Crippen LogP contribution in [0.3, 0.4) is 0 Å². The Labute approximate surface area is 80.7 Å². The Kier molecular flexibility index (Phi) is 3.39. The molecule has 4 nitrogen and oxygen atoms in total. The fraction of sp³-hybridized carbons (Fsp3) is 0.333. The van der Waals surface area contributed by atoms with Gasteiger partial charge in [-0.05, 0) is 13.0 Å². The lowest BCUT2D eigenvalue weighted by molar-refractivity contribution is 0.0514. The first-order chi connectivity index (χ1) is 6.70. The predicted molar refractivity (Wildman–Crippen MR) is 46.7 cm³/mol. The molecule has 0 saturated heterocycles. The van der Waals surface area contributed by atoms with Gasteiger partial charge in [-0.1, -0.05) is 0 Å². The lowest BCUT2D eigenvalue weighted by Gasteiger charge is -2.06. The van der Waals surface area contributed by atoms with E-state index < -0.39 is 11.8 Å². The van der Waals surface area contributed by atoms with Crippen molar-refractivity contribution in [2.45, 2.75) is 6.92 Å². The number of halogens is 1. The third kappa shape index (κ3) is 1.99. The zero-order valence-electron chi connectivity index (χ0n) is 7.91. The standard InChI is InChI=1S/C9H10FNO3/c1-3-14-9(12)7-8(13-2)6(10)4-5-11-7/h4-5H,3H2,1-2H3. The monoisotopic (exact) mass is 199 g/mol. The first kappa shape index (κ1) is 10.4. The summed E-state index contributed by atoms with van der Waals surface area (Å²) < 4.78 is 22.5. The van der Waals surface area contributed by atoms with E-state index in [4.69, 9.17) is 4.74 Å². The van der Waals surface area contributed by atoms with E-state index in [0.717, 1.165) is 6.07 Å². The molecule has 0 unspecified atom stereocenters. The molecule has 1 aromatic rings. The number of nitrogens with zero attached hydrogens (tertiary/aromatic N) is 1. The highest BCUT2D eigenvalue weighted by Crippen LogP contribution is 2.20. The van der Waals surface area contributed by atoms with Crippen molar-refractivity contribution in [1.82, 2.24) is 4.98 Å². The third-order valence-electron chi connectivity index (χ3n) is 1.53. The number of esters is 1. The number of rotatable bonds is 3. The number of aromatic nitrogens is 1. The summed E-state index contributed by atoms with van der Waals surface area (Å²) >= 11 is 0. The van der Waals surface area contributed by atoms with Gasteiger partial charge < -0.3 is 9.47 Å². The molecule has 0 N–H and O–H groups in total. The highest BCUT2D eigenvalue weighted by atomic mass is 19.1. The van der Waals surface area contributed by atoms with Gasteiger partial charge in [0.2, 0.25) is 0 Å². The topological polar surface area (TPSA) is 48.4 Å². The zero-order chi connectivity index (χ0) is 10.6. The van der Waals surface area contributed by atoms with Gasteiger partial charge in [-0.15, -0.1) is 0 Å². The van der Waals surface area contributed by atoms with Crippen LogP contribution in [0.1, 0.15) is 17.4 Å². The predicted octanol–water partition coefficient (Wildman–Crippen LogP) is 1.41. The van der Waals surface area contributed by atoms with Gasteiger partial charge in [0, 0.05) is 6.20 Å². The molecule has 0 aliphatic heterocycles. The van der Waals surface area contributed by atoms with Crippen molar-refractivity contribution in [1.29, 1.82) is 0 Å². The van der Waals surface area contributed by atoms with Crippen molar-refractivity contribution in [3.05, 3.63) is 23.8 Å². The molecule has 0 aliphatic rings. The molecule has 0 fully saturated rings. The molecule has 0 spiro atoms. The van der Waals surface area contributed by atoms with Crippen molar-refractivity contribution in [2.75, 3.05) is 13.7 Å². The highest BCUT2D eigenvalue weighted by Gasteiger charge is 2.18. The van der Waals surface area contributed by atoms with E-state index in [9.17, 15) is 9.18 Å². The molecule has 5 heteroatoms. The van der Waals surface area contributed by atoms with Gasteiger partial charge in [-0.3, -0.25) is 0 Å². The number of carbonyl (C=O) groups excluding carboxylic acids is 1. The van der Waals surface area contributed by atoms with Gasteiger partial charge in [0.15, 0.2) is 17.3 Å². The van der Waals surface area contributed by atoms with Gasteiger partial charge in [0.05, 0.1) is 13.7 Å². The van der Waals surface area contributed by atoms with Crippen molar-refractivity contribution >= 4 is 5.97 Å². The van der Waals surface area contributed by atoms with Gasteiger partial charge >= 0.3 is 5.97 Å². The van der Waals surface area contributed by atoms with Crippen LogP contribution in [0.25, 0.3) is 0 Å². The van der Waals surface area contributed by atoms with Crippen LogP contribution in [-0.2, 0) is 4.74 Å². The molecule has 0 atom stereocenters. The number of pyridine rings is 1. The average molecular weight is 199 g/mol. The fourth-order valence-electron chi connectivity index (χ4n) is 0.964. The molecule has 1 aromatic heterocycles. The fourth-order valence-corrected chi connectivity index (χ4v) is 0.964. The van der Waals surface area contributed by atoms with Crippen LogP contribution in [0.5, 0.6) is 5.75 Å². The summed E-state index contributed by atoms with van der Waals surface area (Å²) in [6, 6.07) is 1.11. The average Bonchev–Trinajstić information content (AvgIpc) is 2.17. The Hall–Kier alpha value is -1.65. The molecular formula is C9H10FNO3. The van der Waals surface area contributed by atoms with E-state index in [2.05, 4.69) is 9.72 Å². The van der Waals surface area contributed by atoms with E-state index in [1.807, 2.05) is 0 Å². The van der Waals surface area contributed by atoms with E-state index in [0.29, 0.717) is 0 Å².